The zero-order chi connectivity index (χ0) is 25.9. The standard InChI is InChI=1S/C24Cl12/c25-13-7-1-2-4-6-5-3(1)9(16(28)14(7)26)18(30)20(32)11(5)22(34)24(36)12(6)23(35)21(33)10(4)19(31)17(29)8(2)15(13)27. The van der Waals surface area contributed by atoms with Gasteiger partial charge in [0.2, 0.25) is 0 Å². The second kappa shape index (κ2) is 7.97. The van der Waals surface area contributed by atoms with Gasteiger partial charge in [-0.2, -0.15) is 0 Å². The van der Waals surface area contributed by atoms with Crippen molar-refractivity contribution in [1.82, 2.24) is 0 Å². The van der Waals surface area contributed by atoms with Crippen LogP contribution in [0.4, 0.5) is 0 Å². The lowest BCUT2D eigenvalue weighted by atomic mass is 9.82. The summed E-state index contributed by atoms with van der Waals surface area (Å²) >= 11 is 81.6. The SMILES string of the molecule is Clc1c(Cl)c2c(Cl)c(Cl)c3c(Cl)c(Cl)c4c(Cl)c(Cl)c5c(Cl)c(Cl)c6c(Cl)c(Cl)c1c1c2c3c4c5c61. The van der Waals surface area contributed by atoms with Gasteiger partial charge in [0.25, 0.3) is 0 Å². The zero-order valence-electron chi connectivity index (χ0n) is 16.5. The van der Waals surface area contributed by atoms with Gasteiger partial charge in [-0.1, -0.05) is 139 Å². The highest BCUT2D eigenvalue weighted by molar-refractivity contribution is 6.68. The van der Waals surface area contributed by atoms with Gasteiger partial charge in [0.1, 0.15) is 0 Å². The van der Waals surface area contributed by atoms with Crippen LogP contribution in [0.5, 0.6) is 0 Å². The predicted octanol–water partition coefficient (Wildman–Crippen LogP) is 14.8. The van der Waals surface area contributed by atoms with Crippen molar-refractivity contribution in [3.05, 3.63) is 60.3 Å². The van der Waals surface area contributed by atoms with Gasteiger partial charge in [-0.3, -0.25) is 0 Å². The zero-order valence-corrected chi connectivity index (χ0v) is 25.6. The molecule has 7 aromatic carbocycles. The fraction of sp³-hybridized carbons (Fsp3) is 0. The molecule has 0 saturated heterocycles. The van der Waals surface area contributed by atoms with Crippen LogP contribution in [-0.4, -0.2) is 0 Å². The molecule has 0 aliphatic rings. The fourth-order valence-corrected chi connectivity index (χ4v) is 9.15. The highest BCUT2D eigenvalue weighted by Crippen LogP contribution is 2.63. The summed E-state index contributed by atoms with van der Waals surface area (Å²) in [4.78, 5) is 0. The summed E-state index contributed by atoms with van der Waals surface area (Å²) in [6.45, 7) is 0. The summed E-state index contributed by atoms with van der Waals surface area (Å²) in [6, 6.07) is 0. The van der Waals surface area contributed by atoms with Gasteiger partial charge in [-0.15, -0.1) is 0 Å². The maximum Gasteiger partial charge on any atom is 0.0693 e. The molecular formula is C24Cl12. The number of rotatable bonds is 0. The van der Waals surface area contributed by atoms with Gasteiger partial charge in [0, 0.05) is 64.6 Å². The van der Waals surface area contributed by atoms with Crippen molar-refractivity contribution in [1.29, 1.82) is 0 Å². The molecule has 0 amide bonds. The van der Waals surface area contributed by atoms with Gasteiger partial charge in [0.15, 0.2) is 0 Å². The molecule has 0 radical (unpaired) electrons. The first kappa shape index (κ1) is 25.3. The van der Waals surface area contributed by atoms with E-state index < -0.39 is 0 Å². The van der Waals surface area contributed by atoms with Gasteiger partial charge < -0.3 is 0 Å². The van der Waals surface area contributed by atoms with E-state index in [-0.39, 0.29) is 60.3 Å². The molecule has 0 atom stereocenters. The van der Waals surface area contributed by atoms with Crippen molar-refractivity contribution in [2.75, 3.05) is 0 Å². The number of halogens is 12. The average Bonchev–Trinajstić information content (AvgIpc) is 2.83. The first-order valence-corrected chi connectivity index (χ1v) is 14.3. The van der Waals surface area contributed by atoms with Crippen molar-refractivity contribution in [2.45, 2.75) is 0 Å². The maximum atomic E-state index is 6.80. The van der Waals surface area contributed by atoms with Gasteiger partial charge in [0.05, 0.1) is 60.3 Å². The van der Waals surface area contributed by atoms with E-state index in [9.17, 15) is 0 Å². The molecule has 7 aromatic rings. The van der Waals surface area contributed by atoms with E-state index in [0.29, 0.717) is 64.6 Å². The molecule has 7 rings (SSSR count). The summed E-state index contributed by atoms with van der Waals surface area (Å²) < 4.78 is 0. The minimum atomic E-state index is 0.143. The molecule has 0 aromatic heterocycles. The predicted molar refractivity (Wildman–Crippen MR) is 165 cm³/mol. The molecule has 0 saturated carbocycles. The Morgan fingerprint density at radius 2 is 0.222 bits per heavy atom. The van der Waals surface area contributed by atoms with Gasteiger partial charge in [-0.05, 0) is 0 Å². The third-order valence-electron chi connectivity index (χ3n) is 6.79. The minimum absolute atomic E-state index is 0.143. The highest BCUT2D eigenvalue weighted by Gasteiger charge is 2.34. The Hall–Kier alpha value is 0.360. The van der Waals surface area contributed by atoms with Crippen molar-refractivity contribution in [2.24, 2.45) is 0 Å². The van der Waals surface area contributed by atoms with Crippen molar-refractivity contribution in [3.8, 4) is 0 Å². The van der Waals surface area contributed by atoms with E-state index in [1.807, 2.05) is 0 Å². The van der Waals surface area contributed by atoms with Crippen LogP contribution in [-0.2, 0) is 0 Å². The smallest absolute Gasteiger partial charge is 0.0693 e. The van der Waals surface area contributed by atoms with E-state index in [0.717, 1.165) is 0 Å². The Morgan fingerprint density at radius 1 is 0.139 bits per heavy atom. The quantitative estimate of drug-likeness (QED) is 0.108. The molecule has 180 valence electrons. The molecule has 0 fully saturated rings. The molecule has 0 nitrogen and oxygen atoms in total. The summed E-state index contributed by atoms with van der Waals surface area (Å²) in [7, 11) is 0. The van der Waals surface area contributed by atoms with Crippen LogP contribution in [0.25, 0.3) is 64.6 Å². The fourth-order valence-electron chi connectivity index (χ4n) is 5.46. The van der Waals surface area contributed by atoms with Gasteiger partial charge >= 0.3 is 0 Å². The van der Waals surface area contributed by atoms with Crippen LogP contribution >= 0.6 is 139 Å². The Labute approximate surface area is 261 Å². The Kier molecular flexibility index (Phi) is 5.61. The third kappa shape index (κ3) is 2.64. The molecule has 0 N–H and O–H groups in total. The first-order valence-electron chi connectivity index (χ1n) is 9.77. The Morgan fingerprint density at radius 3 is 0.306 bits per heavy atom. The van der Waals surface area contributed by atoms with E-state index in [1.54, 1.807) is 0 Å². The molecule has 0 heterocycles. The van der Waals surface area contributed by atoms with Crippen LogP contribution in [0.1, 0.15) is 0 Å². The molecule has 0 aliphatic heterocycles. The lowest BCUT2D eigenvalue weighted by Crippen LogP contribution is -1.99. The summed E-state index contributed by atoms with van der Waals surface area (Å²) in [5.74, 6) is 0. The molecule has 0 unspecified atom stereocenters. The summed E-state index contributed by atoms with van der Waals surface area (Å²) in [6.07, 6.45) is 0. The van der Waals surface area contributed by atoms with E-state index >= 15 is 0 Å². The largest absolute Gasteiger partial charge is 0.0819 e. The number of benzene rings is 7. The molecular weight excluding hydrogens is 714 g/mol. The Balaban J connectivity index is 2.14. The van der Waals surface area contributed by atoms with E-state index in [2.05, 4.69) is 0 Å². The number of hydrogen-bond acceptors (Lipinski definition) is 0. The normalized spacial score (nSPS) is 13.0. The molecule has 0 spiro atoms. The third-order valence-corrected chi connectivity index (χ3v) is 11.9. The maximum absolute atomic E-state index is 6.80. The van der Waals surface area contributed by atoms with E-state index in [4.69, 9.17) is 139 Å². The van der Waals surface area contributed by atoms with Crippen LogP contribution in [0.15, 0.2) is 0 Å². The van der Waals surface area contributed by atoms with Crippen molar-refractivity contribution >= 4 is 204 Å². The van der Waals surface area contributed by atoms with Crippen LogP contribution in [0, 0.1) is 0 Å². The van der Waals surface area contributed by atoms with Crippen LogP contribution in [0.3, 0.4) is 0 Å². The van der Waals surface area contributed by atoms with Crippen molar-refractivity contribution < 1.29 is 0 Å². The Bertz CT molecular complexity index is 1640. The van der Waals surface area contributed by atoms with Crippen molar-refractivity contribution in [3.63, 3.8) is 0 Å². The summed E-state index contributed by atoms with van der Waals surface area (Å²) in [5.41, 5.74) is 0. The van der Waals surface area contributed by atoms with Gasteiger partial charge in [-0.25, -0.2) is 0 Å². The molecule has 36 heavy (non-hydrogen) atoms. The highest BCUT2D eigenvalue weighted by atomic mass is 35.5. The summed E-state index contributed by atoms with van der Waals surface area (Å²) in [5, 5.41) is 7.74. The second-order valence-electron chi connectivity index (χ2n) is 8.27. The molecule has 12 heteroatoms. The minimum Gasteiger partial charge on any atom is -0.0819 e. The molecule has 0 bridgehead atoms. The number of hydrogen-bond donors (Lipinski definition) is 0. The van der Waals surface area contributed by atoms with Crippen LogP contribution in [0.2, 0.25) is 60.3 Å². The lowest BCUT2D eigenvalue weighted by Gasteiger charge is -2.27. The lowest BCUT2D eigenvalue weighted by molar-refractivity contribution is 1.78. The first-order chi connectivity index (χ1) is 16.9. The molecule has 0 aliphatic carbocycles. The van der Waals surface area contributed by atoms with Crippen LogP contribution < -0.4 is 0 Å². The van der Waals surface area contributed by atoms with E-state index in [1.165, 1.54) is 0 Å². The second-order valence-corrected chi connectivity index (χ2v) is 12.8. The monoisotopic (exact) mass is 708 g/mol. The topological polar surface area (TPSA) is 0 Å². The average molecular weight is 714 g/mol.